The summed E-state index contributed by atoms with van der Waals surface area (Å²) in [5.74, 6) is -0.842. The van der Waals surface area contributed by atoms with Crippen molar-refractivity contribution in [2.45, 2.75) is 30.8 Å². The van der Waals surface area contributed by atoms with Crippen LogP contribution in [0.25, 0.3) is 0 Å². The third kappa shape index (κ3) is 8.11. The Morgan fingerprint density at radius 3 is 2.02 bits per heavy atom. The number of amides is 2. The van der Waals surface area contributed by atoms with E-state index in [0.717, 1.165) is 19.0 Å². The largest absolute Gasteiger partial charge is 0.355 e. The van der Waals surface area contributed by atoms with Crippen molar-refractivity contribution in [1.29, 1.82) is 0 Å². The predicted molar refractivity (Wildman–Crippen MR) is 175 cm³/mol. The van der Waals surface area contributed by atoms with E-state index in [1.54, 1.807) is 66.7 Å². The second-order valence-corrected chi connectivity index (χ2v) is 13.1. The van der Waals surface area contributed by atoms with Gasteiger partial charge < -0.3 is 10.2 Å². The van der Waals surface area contributed by atoms with Gasteiger partial charge in [-0.05, 0) is 89.2 Å². The fourth-order valence-corrected chi connectivity index (χ4v) is 6.41. The van der Waals surface area contributed by atoms with E-state index in [2.05, 4.69) is 27.9 Å². The minimum Gasteiger partial charge on any atom is -0.355 e. The molecule has 1 atom stereocenters. The highest BCUT2D eigenvalue weighted by molar-refractivity contribution is 14.1. The Labute approximate surface area is 265 Å². The van der Waals surface area contributed by atoms with Gasteiger partial charge in [0.25, 0.3) is 10.0 Å². The molecule has 7 nitrogen and oxygen atoms in total. The van der Waals surface area contributed by atoms with Crippen LogP contribution >= 0.6 is 34.2 Å². The van der Waals surface area contributed by atoms with Gasteiger partial charge in [-0.1, -0.05) is 72.3 Å². The maximum absolute atomic E-state index is 14.3. The topological polar surface area (TPSA) is 86.8 Å². The molecule has 10 heteroatoms. The zero-order valence-corrected chi connectivity index (χ0v) is 26.7. The van der Waals surface area contributed by atoms with E-state index >= 15 is 0 Å². The van der Waals surface area contributed by atoms with Gasteiger partial charge in [0.05, 0.1) is 10.6 Å². The van der Waals surface area contributed by atoms with Crippen molar-refractivity contribution in [3.8, 4) is 0 Å². The number of nitrogens with one attached hydrogen (secondary N) is 1. The van der Waals surface area contributed by atoms with E-state index in [4.69, 9.17) is 11.6 Å². The number of hydrogen-bond donors (Lipinski definition) is 1. The molecule has 218 valence electrons. The molecule has 0 saturated carbocycles. The van der Waals surface area contributed by atoms with Crippen LogP contribution in [0, 0.1) is 3.57 Å². The first-order chi connectivity index (χ1) is 20.2. The van der Waals surface area contributed by atoms with Crippen LogP contribution in [0.1, 0.15) is 18.1 Å². The summed E-state index contributed by atoms with van der Waals surface area (Å²) in [7, 11) is -4.12. The Kier molecular flexibility index (Phi) is 11.0. The second-order valence-electron chi connectivity index (χ2n) is 9.55. The summed E-state index contributed by atoms with van der Waals surface area (Å²) in [6.07, 6.45) is 0.251. The summed E-state index contributed by atoms with van der Waals surface area (Å²) < 4.78 is 29.9. The third-order valence-electron chi connectivity index (χ3n) is 6.61. The number of sulfonamides is 1. The number of rotatable bonds is 12. The third-order valence-corrected chi connectivity index (χ3v) is 9.37. The summed E-state index contributed by atoms with van der Waals surface area (Å²) in [5, 5.41) is 3.40. The molecule has 0 spiro atoms. The lowest BCUT2D eigenvalue weighted by Gasteiger charge is -2.33. The van der Waals surface area contributed by atoms with Gasteiger partial charge in [-0.25, -0.2) is 8.42 Å². The van der Waals surface area contributed by atoms with Crippen LogP contribution in [0.4, 0.5) is 5.69 Å². The average molecular weight is 716 g/mol. The molecule has 0 saturated heterocycles. The molecule has 42 heavy (non-hydrogen) atoms. The average Bonchev–Trinajstić information content (AvgIpc) is 3.00. The van der Waals surface area contributed by atoms with Crippen molar-refractivity contribution in [3.63, 3.8) is 0 Å². The molecule has 1 N–H and O–H groups in total. The Morgan fingerprint density at radius 2 is 1.43 bits per heavy atom. The van der Waals surface area contributed by atoms with E-state index in [1.807, 2.05) is 37.3 Å². The molecular weight excluding hydrogens is 685 g/mol. The fraction of sp³-hybridized carbons (Fsp3) is 0.188. The Bertz CT molecular complexity index is 1590. The lowest BCUT2D eigenvalue weighted by atomic mass is 10.0. The van der Waals surface area contributed by atoms with Gasteiger partial charge in [-0.15, -0.1) is 0 Å². The SMILES string of the molecule is CCNC(=O)[C@@H](Cc1ccccc1)N(Cc1ccc(Cl)cc1)C(=O)CN(c1ccc(I)cc1)S(=O)(=O)c1ccccc1. The van der Waals surface area contributed by atoms with Crippen molar-refractivity contribution >= 4 is 61.7 Å². The fourth-order valence-electron chi connectivity index (χ4n) is 4.49. The summed E-state index contributed by atoms with van der Waals surface area (Å²) in [6.45, 7) is 1.77. The van der Waals surface area contributed by atoms with Gasteiger partial charge >= 0.3 is 0 Å². The lowest BCUT2D eigenvalue weighted by Crippen LogP contribution is -2.53. The predicted octanol–water partition coefficient (Wildman–Crippen LogP) is 5.92. The van der Waals surface area contributed by atoms with E-state index in [9.17, 15) is 18.0 Å². The van der Waals surface area contributed by atoms with Crippen LogP contribution < -0.4 is 9.62 Å². The molecule has 0 aliphatic carbocycles. The number of carbonyl (C=O) groups excluding carboxylic acids is 2. The van der Waals surface area contributed by atoms with Gasteiger partial charge in [0.15, 0.2) is 0 Å². The number of hydrogen-bond acceptors (Lipinski definition) is 4. The van der Waals surface area contributed by atoms with Crippen LogP contribution in [0.15, 0.2) is 114 Å². The zero-order chi connectivity index (χ0) is 30.1. The smallest absolute Gasteiger partial charge is 0.264 e. The molecule has 2 amide bonds. The molecule has 0 aliphatic rings. The van der Waals surface area contributed by atoms with Gasteiger partial charge in [0.2, 0.25) is 11.8 Å². The highest BCUT2D eigenvalue weighted by Crippen LogP contribution is 2.26. The summed E-state index contributed by atoms with van der Waals surface area (Å²) in [5.41, 5.74) is 1.97. The van der Waals surface area contributed by atoms with Crippen molar-refractivity contribution in [2.75, 3.05) is 17.4 Å². The van der Waals surface area contributed by atoms with Crippen molar-refractivity contribution in [3.05, 3.63) is 129 Å². The molecule has 0 fully saturated rings. The highest BCUT2D eigenvalue weighted by Gasteiger charge is 2.34. The Hall–Kier alpha value is -3.41. The zero-order valence-electron chi connectivity index (χ0n) is 23.0. The molecule has 0 aromatic heterocycles. The van der Waals surface area contributed by atoms with Crippen LogP contribution in [-0.2, 0) is 32.6 Å². The number of anilines is 1. The van der Waals surface area contributed by atoms with Crippen LogP contribution in [0.3, 0.4) is 0 Å². The van der Waals surface area contributed by atoms with E-state index < -0.39 is 28.5 Å². The molecule has 4 aromatic rings. The number of carbonyl (C=O) groups is 2. The normalized spacial score (nSPS) is 11.9. The molecular formula is C32H31ClIN3O4S. The first kappa shape index (κ1) is 31.5. The molecule has 4 aromatic carbocycles. The van der Waals surface area contributed by atoms with E-state index in [0.29, 0.717) is 17.3 Å². The Balaban J connectivity index is 1.78. The van der Waals surface area contributed by atoms with Gasteiger partial charge in [0.1, 0.15) is 12.6 Å². The minimum atomic E-state index is -4.12. The summed E-state index contributed by atoms with van der Waals surface area (Å²) in [6, 6.07) is 30.5. The standard InChI is InChI=1S/C32H31ClIN3O4S/c1-2-35-32(39)30(21-24-9-5-3-6-10-24)36(22-25-13-15-26(33)16-14-25)31(38)23-37(28-19-17-27(34)18-20-28)42(40,41)29-11-7-4-8-12-29/h3-20,30H,2,21-23H2,1H3,(H,35,39)/t30-/m1/s1. The van der Waals surface area contributed by atoms with Crippen molar-refractivity contribution in [2.24, 2.45) is 0 Å². The number of likely N-dealkylation sites (N-methyl/N-ethyl adjacent to an activating group) is 1. The number of nitrogens with zero attached hydrogens (tertiary/aromatic N) is 2. The maximum Gasteiger partial charge on any atom is 0.264 e. The van der Waals surface area contributed by atoms with Crippen molar-refractivity contribution in [1.82, 2.24) is 10.2 Å². The van der Waals surface area contributed by atoms with Crippen LogP contribution in [0.2, 0.25) is 5.02 Å². The first-order valence-electron chi connectivity index (χ1n) is 13.4. The van der Waals surface area contributed by atoms with Gasteiger partial charge in [-0.2, -0.15) is 0 Å². The molecule has 0 unspecified atom stereocenters. The van der Waals surface area contributed by atoms with E-state index in [-0.39, 0.29) is 23.8 Å². The van der Waals surface area contributed by atoms with Crippen LogP contribution in [-0.4, -0.2) is 44.3 Å². The van der Waals surface area contributed by atoms with Gasteiger partial charge in [0, 0.05) is 28.1 Å². The van der Waals surface area contributed by atoms with Crippen LogP contribution in [0.5, 0.6) is 0 Å². The summed E-state index contributed by atoms with van der Waals surface area (Å²) >= 11 is 8.25. The number of benzene rings is 4. The number of halogens is 2. The summed E-state index contributed by atoms with van der Waals surface area (Å²) in [4.78, 5) is 29.3. The second kappa shape index (κ2) is 14.7. The van der Waals surface area contributed by atoms with Crippen molar-refractivity contribution < 1.29 is 18.0 Å². The lowest BCUT2D eigenvalue weighted by molar-refractivity contribution is -0.140. The van der Waals surface area contributed by atoms with Gasteiger partial charge in [-0.3, -0.25) is 13.9 Å². The van der Waals surface area contributed by atoms with E-state index in [1.165, 1.54) is 17.0 Å². The Morgan fingerprint density at radius 1 is 0.833 bits per heavy atom. The quantitative estimate of drug-likeness (QED) is 0.185. The molecule has 0 bridgehead atoms. The molecule has 0 aliphatic heterocycles. The minimum absolute atomic E-state index is 0.0603. The monoisotopic (exact) mass is 715 g/mol. The highest BCUT2D eigenvalue weighted by atomic mass is 127. The molecule has 0 radical (unpaired) electrons. The molecule has 0 heterocycles. The first-order valence-corrected chi connectivity index (χ1v) is 16.3. The maximum atomic E-state index is 14.3. The molecule has 4 rings (SSSR count).